The van der Waals surface area contributed by atoms with Crippen LogP contribution in [0.2, 0.25) is 0 Å². The zero-order chi connectivity index (χ0) is 11.3. The first-order chi connectivity index (χ1) is 7.12. The van der Waals surface area contributed by atoms with Crippen molar-refractivity contribution < 1.29 is 13.2 Å². The fourth-order valence-electron chi connectivity index (χ4n) is 1.65. The number of nitriles is 1. The number of ether oxygens (including phenoxy) is 1. The van der Waals surface area contributed by atoms with Gasteiger partial charge in [-0.25, -0.2) is 8.42 Å². The van der Waals surface area contributed by atoms with Gasteiger partial charge >= 0.3 is 0 Å². The minimum absolute atomic E-state index is 0.0593. The number of hydrogen-bond donors (Lipinski definition) is 0. The second kappa shape index (κ2) is 5.45. The van der Waals surface area contributed by atoms with E-state index in [-0.39, 0.29) is 11.8 Å². The standard InChI is InChI=1S/C9H16N2O3S/c1-2-11(6-5-10)15(12,13)9-3-7-14-8-4-9/h9H,2-4,6-8H2,1H3. The fraction of sp³-hybridized carbons (Fsp3) is 0.889. The lowest BCUT2D eigenvalue weighted by atomic mass is 10.2. The van der Waals surface area contributed by atoms with E-state index in [2.05, 4.69) is 0 Å². The van der Waals surface area contributed by atoms with Gasteiger partial charge in [0.25, 0.3) is 0 Å². The summed E-state index contributed by atoms with van der Waals surface area (Å²) in [5.74, 6) is 0. The van der Waals surface area contributed by atoms with Gasteiger partial charge in [-0.15, -0.1) is 0 Å². The molecule has 1 aliphatic heterocycles. The third-order valence-corrected chi connectivity index (χ3v) is 4.97. The Morgan fingerprint density at radius 2 is 2.07 bits per heavy atom. The van der Waals surface area contributed by atoms with Crippen LogP contribution in [0.15, 0.2) is 0 Å². The van der Waals surface area contributed by atoms with E-state index in [1.807, 2.05) is 6.07 Å². The van der Waals surface area contributed by atoms with Crippen LogP contribution in [-0.4, -0.2) is 44.3 Å². The van der Waals surface area contributed by atoms with Gasteiger partial charge < -0.3 is 4.74 Å². The molecule has 1 fully saturated rings. The molecule has 0 aliphatic carbocycles. The third-order valence-electron chi connectivity index (χ3n) is 2.55. The molecule has 0 saturated carbocycles. The average Bonchev–Trinajstić information content (AvgIpc) is 2.27. The summed E-state index contributed by atoms with van der Waals surface area (Å²) in [6.07, 6.45) is 1.06. The summed E-state index contributed by atoms with van der Waals surface area (Å²) in [5, 5.41) is 8.17. The summed E-state index contributed by atoms with van der Waals surface area (Å²) in [6, 6.07) is 1.88. The van der Waals surface area contributed by atoms with Crippen molar-refractivity contribution >= 4 is 10.0 Å². The molecule has 0 unspecified atom stereocenters. The molecule has 0 aromatic heterocycles. The van der Waals surface area contributed by atoms with Crippen LogP contribution in [0.25, 0.3) is 0 Å². The molecule has 15 heavy (non-hydrogen) atoms. The maximum absolute atomic E-state index is 12.0. The minimum Gasteiger partial charge on any atom is -0.381 e. The molecular formula is C9H16N2O3S. The van der Waals surface area contributed by atoms with Crippen LogP contribution >= 0.6 is 0 Å². The van der Waals surface area contributed by atoms with Gasteiger partial charge in [0, 0.05) is 19.8 Å². The number of sulfonamides is 1. The Balaban J connectivity index is 2.75. The van der Waals surface area contributed by atoms with Gasteiger partial charge in [-0.1, -0.05) is 6.92 Å². The SMILES string of the molecule is CCN(CC#N)S(=O)(=O)C1CCOCC1. The van der Waals surface area contributed by atoms with Gasteiger partial charge in [-0.2, -0.15) is 9.57 Å². The molecule has 1 rings (SSSR count). The smallest absolute Gasteiger partial charge is 0.218 e. The Hall–Kier alpha value is -0.640. The molecule has 1 saturated heterocycles. The number of rotatable bonds is 4. The van der Waals surface area contributed by atoms with Gasteiger partial charge in [0.2, 0.25) is 10.0 Å². The van der Waals surface area contributed by atoms with Gasteiger partial charge in [0.1, 0.15) is 6.54 Å². The molecule has 0 aromatic carbocycles. The van der Waals surface area contributed by atoms with Crippen molar-refractivity contribution in [3.8, 4) is 6.07 Å². The van der Waals surface area contributed by atoms with E-state index in [4.69, 9.17) is 10.00 Å². The number of hydrogen-bond acceptors (Lipinski definition) is 4. The highest BCUT2D eigenvalue weighted by molar-refractivity contribution is 7.89. The van der Waals surface area contributed by atoms with Crippen molar-refractivity contribution in [2.75, 3.05) is 26.3 Å². The largest absolute Gasteiger partial charge is 0.381 e. The van der Waals surface area contributed by atoms with E-state index in [1.165, 1.54) is 4.31 Å². The highest BCUT2D eigenvalue weighted by Crippen LogP contribution is 2.19. The highest BCUT2D eigenvalue weighted by atomic mass is 32.2. The molecule has 0 bridgehead atoms. The first-order valence-corrected chi connectivity index (χ1v) is 6.57. The third kappa shape index (κ3) is 2.91. The van der Waals surface area contributed by atoms with E-state index < -0.39 is 10.0 Å². The van der Waals surface area contributed by atoms with Crippen LogP contribution in [0.1, 0.15) is 19.8 Å². The van der Waals surface area contributed by atoms with E-state index >= 15 is 0 Å². The molecule has 1 aliphatic rings. The van der Waals surface area contributed by atoms with E-state index in [0.717, 1.165) is 0 Å². The van der Waals surface area contributed by atoms with Gasteiger partial charge in [0.05, 0.1) is 11.3 Å². The summed E-state index contributed by atoms with van der Waals surface area (Å²) in [4.78, 5) is 0. The molecule has 0 N–H and O–H groups in total. The van der Waals surface area contributed by atoms with Crippen LogP contribution < -0.4 is 0 Å². The normalized spacial score (nSPS) is 19.0. The zero-order valence-corrected chi connectivity index (χ0v) is 9.66. The minimum atomic E-state index is -3.31. The topological polar surface area (TPSA) is 70.4 Å². The van der Waals surface area contributed by atoms with Crippen molar-refractivity contribution in [3.63, 3.8) is 0 Å². The predicted octanol–water partition coefficient (Wildman–Crippen LogP) is 0.341. The lowest BCUT2D eigenvalue weighted by Gasteiger charge is -2.27. The lowest BCUT2D eigenvalue weighted by molar-refractivity contribution is 0.0973. The predicted molar refractivity (Wildman–Crippen MR) is 55.6 cm³/mol. The summed E-state index contributed by atoms with van der Waals surface area (Å²) < 4.78 is 30.4. The molecule has 0 radical (unpaired) electrons. The van der Waals surface area contributed by atoms with Crippen LogP contribution in [0, 0.1) is 11.3 Å². The van der Waals surface area contributed by atoms with Gasteiger partial charge in [-0.05, 0) is 12.8 Å². The molecule has 0 amide bonds. The van der Waals surface area contributed by atoms with Crippen LogP contribution in [-0.2, 0) is 14.8 Å². The number of nitrogens with zero attached hydrogens (tertiary/aromatic N) is 2. The van der Waals surface area contributed by atoms with E-state index in [1.54, 1.807) is 6.92 Å². The molecule has 5 nitrogen and oxygen atoms in total. The first-order valence-electron chi connectivity index (χ1n) is 5.06. The Morgan fingerprint density at radius 3 is 2.53 bits per heavy atom. The summed E-state index contributed by atoms with van der Waals surface area (Å²) in [5.41, 5.74) is 0. The molecular weight excluding hydrogens is 216 g/mol. The van der Waals surface area contributed by atoms with E-state index in [9.17, 15) is 8.42 Å². The average molecular weight is 232 g/mol. The molecule has 86 valence electrons. The van der Waals surface area contributed by atoms with Crippen molar-refractivity contribution in [1.29, 1.82) is 5.26 Å². The fourth-order valence-corrected chi connectivity index (χ4v) is 3.45. The Kier molecular flexibility index (Phi) is 4.51. The second-order valence-corrected chi connectivity index (χ2v) is 5.65. The van der Waals surface area contributed by atoms with Gasteiger partial charge in [-0.3, -0.25) is 0 Å². The first kappa shape index (κ1) is 12.4. The molecule has 6 heteroatoms. The quantitative estimate of drug-likeness (QED) is 0.655. The summed E-state index contributed by atoms with van der Waals surface area (Å²) >= 11 is 0. The molecule has 1 heterocycles. The van der Waals surface area contributed by atoms with Crippen molar-refractivity contribution in [1.82, 2.24) is 4.31 Å². The van der Waals surface area contributed by atoms with Crippen LogP contribution in [0.5, 0.6) is 0 Å². The Morgan fingerprint density at radius 1 is 1.47 bits per heavy atom. The maximum atomic E-state index is 12.0. The van der Waals surface area contributed by atoms with Gasteiger partial charge in [0.15, 0.2) is 0 Å². The Labute approximate surface area is 90.7 Å². The summed E-state index contributed by atoms with van der Waals surface area (Å²) in [6.45, 7) is 3.03. The molecule has 0 atom stereocenters. The zero-order valence-electron chi connectivity index (χ0n) is 8.85. The van der Waals surface area contributed by atoms with Crippen molar-refractivity contribution in [2.45, 2.75) is 25.0 Å². The second-order valence-electron chi connectivity index (χ2n) is 3.44. The van der Waals surface area contributed by atoms with E-state index in [0.29, 0.717) is 32.6 Å². The molecule has 0 spiro atoms. The summed E-state index contributed by atoms with van der Waals surface area (Å²) in [7, 11) is -3.31. The Bertz CT molecular complexity index is 328. The lowest BCUT2D eigenvalue weighted by Crippen LogP contribution is -2.41. The van der Waals surface area contributed by atoms with Crippen molar-refractivity contribution in [2.24, 2.45) is 0 Å². The van der Waals surface area contributed by atoms with Crippen LogP contribution in [0.4, 0.5) is 0 Å². The maximum Gasteiger partial charge on any atom is 0.218 e. The monoisotopic (exact) mass is 232 g/mol. The van der Waals surface area contributed by atoms with Crippen molar-refractivity contribution in [3.05, 3.63) is 0 Å². The van der Waals surface area contributed by atoms with Crippen LogP contribution in [0.3, 0.4) is 0 Å². The highest BCUT2D eigenvalue weighted by Gasteiger charge is 2.32. The molecule has 0 aromatic rings.